The molecule has 0 aliphatic heterocycles. The molecule has 1 aromatic rings. The molecule has 10 nitrogen and oxygen atoms in total. The molecule has 0 radical (unpaired) electrons. The van der Waals surface area contributed by atoms with Crippen LogP contribution in [0.15, 0.2) is 0 Å². The highest BCUT2D eigenvalue weighted by atomic mass is 32.1. The van der Waals surface area contributed by atoms with Crippen LogP contribution in [0.2, 0.25) is 0 Å². The second kappa shape index (κ2) is 7.96. The minimum atomic E-state index is -1.03. The quantitative estimate of drug-likeness (QED) is 0.727. The van der Waals surface area contributed by atoms with Gasteiger partial charge >= 0.3 is 18.1 Å². The van der Waals surface area contributed by atoms with Gasteiger partial charge in [0, 0.05) is 7.05 Å². The third-order valence-electron chi connectivity index (χ3n) is 2.60. The van der Waals surface area contributed by atoms with Crippen molar-refractivity contribution in [3.05, 3.63) is 5.69 Å². The summed E-state index contributed by atoms with van der Waals surface area (Å²) in [5.41, 5.74) is -2.00. The molecule has 3 amide bonds. The molecule has 0 aromatic carbocycles. The van der Waals surface area contributed by atoms with Crippen LogP contribution in [0.4, 0.5) is 15.4 Å². The lowest BCUT2D eigenvalue weighted by Gasteiger charge is -2.27. The van der Waals surface area contributed by atoms with Gasteiger partial charge in [-0.15, -0.1) is 0 Å². The predicted octanol–water partition coefficient (Wildman–Crippen LogP) is 2.85. The third kappa shape index (κ3) is 5.92. The molecule has 0 aliphatic rings. The van der Waals surface area contributed by atoms with Crippen molar-refractivity contribution in [3.63, 3.8) is 0 Å². The number of nitrogens with zero attached hydrogens (tertiary/aromatic N) is 4. The van der Waals surface area contributed by atoms with Crippen LogP contribution in [0, 0.1) is 0 Å². The molecule has 146 valence electrons. The van der Waals surface area contributed by atoms with Gasteiger partial charge in [0.2, 0.25) is 0 Å². The van der Waals surface area contributed by atoms with E-state index in [1.54, 1.807) is 41.5 Å². The zero-order chi connectivity index (χ0) is 20.3. The first-order chi connectivity index (χ1) is 11.8. The molecule has 0 unspecified atom stereocenters. The summed E-state index contributed by atoms with van der Waals surface area (Å²) < 4.78 is 18.3. The van der Waals surface area contributed by atoms with E-state index >= 15 is 0 Å². The number of carbonyl (C=O) groups is 3. The lowest BCUT2D eigenvalue weighted by molar-refractivity contribution is -0.0759. The summed E-state index contributed by atoms with van der Waals surface area (Å²) in [5.74, 6) is -0.972. The largest absolute Gasteiger partial charge is 0.443 e. The van der Waals surface area contributed by atoms with Gasteiger partial charge in [0.05, 0.1) is 18.8 Å². The number of ether oxygens (including phenoxy) is 2. The smallest absolute Gasteiger partial charge is 0.425 e. The molecule has 0 atom stereocenters. The average molecular weight is 388 g/mol. The summed E-state index contributed by atoms with van der Waals surface area (Å²) in [6.07, 6.45) is -2.07. The van der Waals surface area contributed by atoms with Gasteiger partial charge in [0.1, 0.15) is 11.2 Å². The molecule has 0 saturated heterocycles. The molecule has 1 rings (SSSR count). The van der Waals surface area contributed by atoms with Gasteiger partial charge in [-0.2, -0.15) is 13.6 Å². The van der Waals surface area contributed by atoms with Gasteiger partial charge < -0.3 is 9.47 Å². The van der Waals surface area contributed by atoms with Crippen LogP contribution in [0.1, 0.15) is 52.0 Å². The fourth-order valence-corrected chi connectivity index (χ4v) is 2.09. The fourth-order valence-electron chi connectivity index (χ4n) is 1.56. The van der Waals surface area contributed by atoms with Gasteiger partial charge in [-0.1, -0.05) is 0 Å². The molecule has 0 spiro atoms. The van der Waals surface area contributed by atoms with E-state index < -0.39 is 29.3 Å². The topological polar surface area (TPSA) is 111 Å². The maximum Gasteiger partial charge on any atom is 0.425 e. The second-order valence-corrected chi connectivity index (χ2v) is 7.75. The van der Waals surface area contributed by atoms with Crippen LogP contribution in [-0.4, -0.2) is 57.3 Å². The first-order valence-corrected chi connectivity index (χ1v) is 8.40. The Morgan fingerprint density at radius 1 is 0.923 bits per heavy atom. The van der Waals surface area contributed by atoms with Crippen LogP contribution < -0.4 is 4.90 Å². The average Bonchev–Trinajstić information content (AvgIpc) is 2.90. The zero-order valence-electron chi connectivity index (χ0n) is 16.1. The van der Waals surface area contributed by atoms with Crippen LogP contribution in [0.3, 0.4) is 0 Å². The Bertz CT molecular complexity index is 648. The normalized spacial score (nSPS) is 11.7. The summed E-state index contributed by atoms with van der Waals surface area (Å²) in [7, 11) is 2.65. The number of anilines is 1. The van der Waals surface area contributed by atoms with Gasteiger partial charge in [0.15, 0.2) is 11.5 Å². The Balaban J connectivity index is 3.34. The van der Waals surface area contributed by atoms with E-state index in [2.05, 4.69) is 8.75 Å². The zero-order valence-corrected chi connectivity index (χ0v) is 17.0. The highest BCUT2D eigenvalue weighted by molar-refractivity contribution is 6.99. The second-order valence-electron chi connectivity index (χ2n) is 7.22. The Morgan fingerprint density at radius 2 is 1.38 bits per heavy atom. The van der Waals surface area contributed by atoms with Gasteiger partial charge in [-0.05, 0) is 41.5 Å². The summed E-state index contributed by atoms with van der Waals surface area (Å²) in [4.78, 5) is 42.9. The van der Waals surface area contributed by atoms with Crippen molar-refractivity contribution < 1.29 is 28.7 Å². The number of carbonyl (C=O) groups excluding carboxylic acids is 3. The van der Waals surface area contributed by atoms with E-state index in [4.69, 9.17) is 14.3 Å². The van der Waals surface area contributed by atoms with E-state index in [0.29, 0.717) is 16.6 Å². The highest BCUT2D eigenvalue weighted by Crippen LogP contribution is 2.24. The van der Waals surface area contributed by atoms with Gasteiger partial charge in [-0.25, -0.2) is 14.7 Å². The Morgan fingerprint density at radius 3 is 1.77 bits per heavy atom. The standard InChI is InChI=1S/C15H24N4O6S/c1-14(2,3)24-12(21)19(13(22)25-15(4,5)6)10-9(16-26-17-10)11(20)18(7)23-8/h1-8H3. The number of rotatable bonds is 3. The predicted molar refractivity (Wildman–Crippen MR) is 94.0 cm³/mol. The number of hydrogen-bond donors (Lipinski definition) is 0. The molecule has 0 N–H and O–H groups in total. The summed E-state index contributed by atoms with van der Waals surface area (Å²) >= 11 is 0.661. The number of hydroxylamine groups is 2. The number of hydrogen-bond acceptors (Lipinski definition) is 9. The fraction of sp³-hybridized carbons (Fsp3) is 0.667. The summed E-state index contributed by atoms with van der Waals surface area (Å²) in [6, 6.07) is 0. The lowest BCUT2D eigenvalue weighted by Crippen LogP contribution is -2.45. The Labute approximate surface area is 156 Å². The van der Waals surface area contributed by atoms with Crippen LogP contribution in [0.25, 0.3) is 0 Å². The molecule has 0 fully saturated rings. The number of aromatic nitrogens is 2. The molecule has 1 aromatic heterocycles. The Kier molecular flexibility index (Phi) is 6.66. The molecule has 11 heteroatoms. The van der Waals surface area contributed by atoms with Crippen LogP contribution in [0.5, 0.6) is 0 Å². The van der Waals surface area contributed by atoms with Gasteiger partial charge in [-0.3, -0.25) is 9.63 Å². The summed E-state index contributed by atoms with van der Waals surface area (Å²) in [5, 5.41) is 0.891. The minimum absolute atomic E-state index is 0.240. The van der Waals surface area contributed by atoms with Crippen molar-refractivity contribution in [3.8, 4) is 0 Å². The SMILES string of the molecule is CON(C)C(=O)c1nsnc1N(C(=O)OC(C)(C)C)C(=O)OC(C)(C)C. The van der Waals surface area contributed by atoms with E-state index in [0.717, 1.165) is 5.06 Å². The maximum atomic E-state index is 12.6. The van der Waals surface area contributed by atoms with Gasteiger partial charge in [0.25, 0.3) is 0 Å². The maximum absolute atomic E-state index is 12.6. The van der Waals surface area contributed by atoms with Crippen molar-refractivity contribution in [2.45, 2.75) is 52.7 Å². The van der Waals surface area contributed by atoms with Crippen molar-refractivity contribution in [1.82, 2.24) is 13.8 Å². The molecular weight excluding hydrogens is 364 g/mol. The molecule has 1 heterocycles. The summed E-state index contributed by atoms with van der Waals surface area (Å²) in [6.45, 7) is 9.85. The minimum Gasteiger partial charge on any atom is -0.443 e. The van der Waals surface area contributed by atoms with E-state index in [9.17, 15) is 14.4 Å². The Hall–Kier alpha value is -2.27. The lowest BCUT2D eigenvalue weighted by atomic mass is 10.2. The molecule has 0 bridgehead atoms. The molecule has 0 saturated carbocycles. The first kappa shape index (κ1) is 21.8. The van der Waals surface area contributed by atoms with E-state index in [-0.39, 0.29) is 11.5 Å². The van der Waals surface area contributed by atoms with E-state index in [1.165, 1.54) is 14.2 Å². The highest BCUT2D eigenvalue weighted by Gasteiger charge is 2.38. The van der Waals surface area contributed by atoms with Crippen molar-refractivity contribution >= 4 is 35.6 Å². The molecule has 26 heavy (non-hydrogen) atoms. The van der Waals surface area contributed by atoms with Crippen molar-refractivity contribution in [2.24, 2.45) is 0 Å². The van der Waals surface area contributed by atoms with Crippen molar-refractivity contribution in [1.29, 1.82) is 0 Å². The van der Waals surface area contributed by atoms with Crippen molar-refractivity contribution in [2.75, 3.05) is 19.1 Å². The molecular formula is C15H24N4O6S. The monoisotopic (exact) mass is 388 g/mol. The third-order valence-corrected chi connectivity index (χ3v) is 3.12. The van der Waals surface area contributed by atoms with Crippen LogP contribution in [-0.2, 0) is 14.3 Å². The number of amides is 3. The first-order valence-electron chi connectivity index (χ1n) is 7.67. The van der Waals surface area contributed by atoms with Crippen LogP contribution >= 0.6 is 11.7 Å². The number of imide groups is 1. The van der Waals surface area contributed by atoms with E-state index in [1.807, 2.05) is 0 Å². The molecule has 0 aliphatic carbocycles.